The molecule has 0 aromatic rings. The Kier molecular flexibility index (Phi) is 2.87. The lowest BCUT2D eigenvalue weighted by molar-refractivity contribution is -0.161. The summed E-state index contributed by atoms with van der Waals surface area (Å²) in [6.07, 6.45) is 0.620. The predicted molar refractivity (Wildman–Crippen MR) is 66.1 cm³/mol. The van der Waals surface area contributed by atoms with E-state index in [0.29, 0.717) is 12.3 Å². The molecular weight excluding hydrogens is 248 g/mol. The Hall–Kier alpha value is -1.40. The van der Waals surface area contributed by atoms with Crippen LogP contribution in [0.15, 0.2) is 11.3 Å². The van der Waals surface area contributed by atoms with E-state index in [0.717, 1.165) is 25.1 Å². The molecule has 19 heavy (non-hydrogen) atoms. The molecule has 0 bridgehead atoms. The lowest BCUT2D eigenvalue weighted by atomic mass is 9.82. The highest BCUT2D eigenvalue weighted by Crippen LogP contribution is 2.45. The van der Waals surface area contributed by atoms with Crippen molar-refractivity contribution in [2.45, 2.75) is 31.9 Å². The second kappa shape index (κ2) is 4.31. The van der Waals surface area contributed by atoms with E-state index >= 15 is 0 Å². The molecule has 2 unspecified atom stereocenters. The van der Waals surface area contributed by atoms with Gasteiger partial charge >= 0.3 is 5.97 Å². The standard InChI is InChI=1S/C13H18N2O4/c1-6(16)10-9-3-8(2-7-4-14-5-7)11(13(18)19)15(9)12(10)17/h6-7,9-10,14,16H,2-5H2,1H3,(H,18,19)/t6-,9?,10?/m1/s1. The molecule has 3 N–H and O–H groups in total. The van der Waals surface area contributed by atoms with Crippen LogP contribution in [0.5, 0.6) is 0 Å². The quantitative estimate of drug-likeness (QED) is 0.599. The van der Waals surface area contributed by atoms with Gasteiger partial charge in [0.2, 0.25) is 5.91 Å². The summed E-state index contributed by atoms with van der Waals surface area (Å²) in [5, 5.41) is 22.1. The van der Waals surface area contributed by atoms with Gasteiger partial charge in [-0.3, -0.25) is 4.79 Å². The number of hydrogen-bond acceptors (Lipinski definition) is 4. The van der Waals surface area contributed by atoms with Crippen molar-refractivity contribution in [2.24, 2.45) is 11.8 Å². The van der Waals surface area contributed by atoms with Crippen LogP contribution >= 0.6 is 0 Å². The van der Waals surface area contributed by atoms with Crippen LogP contribution in [-0.4, -0.2) is 52.2 Å². The molecule has 0 aromatic heterocycles. The number of nitrogens with one attached hydrogen (secondary N) is 1. The minimum atomic E-state index is -1.03. The molecule has 6 heteroatoms. The zero-order valence-corrected chi connectivity index (χ0v) is 10.8. The van der Waals surface area contributed by atoms with Gasteiger partial charge in [-0.1, -0.05) is 0 Å². The minimum absolute atomic E-state index is 0.151. The van der Waals surface area contributed by atoms with Crippen LogP contribution in [0.2, 0.25) is 0 Å². The molecule has 0 radical (unpaired) electrons. The number of nitrogens with zero attached hydrogens (tertiary/aromatic N) is 1. The van der Waals surface area contributed by atoms with Gasteiger partial charge in [-0.05, 0) is 44.3 Å². The number of β-lactam (4-membered cyclic amide) rings is 1. The maximum Gasteiger partial charge on any atom is 0.352 e. The van der Waals surface area contributed by atoms with Crippen molar-refractivity contribution in [3.05, 3.63) is 11.3 Å². The fourth-order valence-corrected chi connectivity index (χ4v) is 3.38. The molecule has 6 nitrogen and oxygen atoms in total. The van der Waals surface area contributed by atoms with E-state index in [9.17, 15) is 19.8 Å². The highest BCUT2D eigenvalue weighted by Gasteiger charge is 2.56. The molecule has 0 spiro atoms. The summed E-state index contributed by atoms with van der Waals surface area (Å²) in [5.41, 5.74) is 1.03. The van der Waals surface area contributed by atoms with Crippen LogP contribution in [0.1, 0.15) is 19.8 Å². The smallest absolute Gasteiger partial charge is 0.352 e. The first-order valence-corrected chi connectivity index (χ1v) is 6.68. The lowest BCUT2D eigenvalue weighted by Gasteiger charge is -2.44. The SMILES string of the molecule is C[C@@H](O)C1C(=O)N2C(C(=O)O)=C(CC3CNC3)CC12. The molecule has 3 aliphatic heterocycles. The number of carboxylic acid groups (broad SMARTS) is 1. The number of amides is 1. The first-order valence-electron chi connectivity index (χ1n) is 6.68. The lowest BCUT2D eigenvalue weighted by Crippen LogP contribution is -2.61. The van der Waals surface area contributed by atoms with Crippen LogP contribution in [0.25, 0.3) is 0 Å². The first kappa shape index (κ1) is 12.6. The Bertz CT molecular complexity index is 467. The van der Waals surface area contributed by atoms with E-state index in [1.807, 2.05) is 0 Å². The number of carboxylic acids is 1. The van der Waals surface area contributed by atoms with Gasteiger partial charge in [0.1, 0.15) is 5.70 Å². The Balaban J connectivity index is 1.82. The van der Waals surface area contributed by atoms with E-state index in [4.69, 9.17) is 0 Å². The number of fused-ring (bicyclic) bond motifs is 1. The summed E-state index contributed by atoms with van der Waals surface area (Å²) in [7, 11) is 0. The molecule has 2 fully saturated rings. The molecule has 3 heterocycles. The van der Waals surface area contributed by atoms with Crippen molar-refractivity contribution in [1.82, 2.24) is 10.2 Å². The molecule has 1 amide bonds. The van der Waals surface area contributed by atoms with Gasteiger partial charge < -0.3 is 20.4 Å². The average molecular weight is 266 g/mol. The van der Waals surface area contributed by atoms with Crippen LogP contribution in [0, 0.1) is 11.8 Å². The van der Waals surface area contributed by atoms with Crippen LogP contribution in [-0.2, 0) is 9.59 Å². The zero-order valence-electron chi connectivity index (χ0n) is 10.8. The van der Waals surface area contributed by atoms with Gasteiger partial charge in [-0.25, -0.2) is 4.79 Å². The Morgan fingerprint density at radius 1 is 1.53 bits per heavy atom. The minimum Gasteiger partial charge on any atom is -0.477 e. The number of carbonyl (C=O) groups is 2. The molecule has 0 aromatic carbocycles. The zero-order chi connectivity index (χ0) is 13.7. The van der Waals surface area contributed by atoms with Crippen molar-refractivity contribution in [3.63, 3.8) is 0 Å². The third-order valence-corrected chi connectivity index (χ3v) is 4.42. The largest absolute Gasteiger partial charge is 0.477 e. The molecule has 3 rings (SSSR count). The number of aliphatic hydroxyl groups excluding tert-OH is 1. The van der Waals surface area contributed by atoms with Crippen molar-refractivity contribution in [3.8, 4) is 0 Å². The number of aliphatic hydroxyl groups is 1. The van der Waals surface area contributed by atoms with E-state index in [1.54, 1.807) is 6.92 Å². The maximum atomic E-state index is 12.0. The fourth-order valence-electron chi connectivity index (χ4n) is 3.38. The summed E-state index contributed by atoms with van der Waals surface area (Å²) in [6.45, 7) is 3.41. The van der Waals surface area contributed by atoms with Crippen molar-refractivity contribution in [2.75, 3.05) is 13.1 Å². The third-order valence-electron chi connectivity index (χ3n) is 4.42. The summed E-state index contributed by atoms with van der Waals surface area (Å²) < 4.78 is 0. The molecule has 0 saturated carbocycles. The fraction of sp³-hybridized carbons (Fsp3) is 0.692. The van der Waals surface area contributed by atoms with Crippen LogP contribution in [0.3, 0.4) is 0 Å². The number of carbonyl (C=O) groups excluding carboxylic acids is 1. The molecular formula is C13H18N2O4. The van der Waals surface area contributed by atoms with Crippen molar-refractivity contribution < 1.29 is 19.8 Å². The molecule has 104 valence electrons. The van der Waals surface area contributed by atoms with Crippen molar-refractivity contribution >= 4 is 11.9 Å². The number of rotatable bonds is 4. The topological polar surface area (TPSA) is 89.9 Å². The summed E-state index contributed by atoms with van der Waals surface area (Å²) >= 11 is 0. The van der Waals surface area contributed by atoms with Gasteiger partial charge in [0.05, 0.1) is 18.1 Å². The monoisotopic (exact) mass is 266 g/mol. The van der Waals surface area contributed by atoms with Gasteiger partial charge in [-0.2, -0.15) is 0 Å². The summed E-state index contributed by atoms with van der Waals surface area (Å²) in [4.78, 5) is 24.7. The Morgan fingerprint density at radius 2 is 2.21 bits per heavy atom. The summed E-state index contributed by atoms with van der Waals surface area (Å²) in [5.74, 6) is -1.24. The number of hydrogen-bond donors (Lipinski definition) is 3. The average Bonchev–Trinajstić information content (AvgIpc) is 2.57. The number of aliphatic carboxylic acids is 1. The highest BCUT2D eigenvalue weighted by atomic mass is 16.4. The Labute approximate surface area is 111 Å². The van der Waals surface area contributed by atoms with E-state index in [-0.39, 0.29) is 17.6 Å². The predicted octanol–water partition coefficient (Wildman–Crippen LogP) is -0.454. The third kappa shape index (κ3) is 1.78. The van der Waals surface area contributed by atoms with E-state index in [1.165, 1.54) is 4.90 Å². The van der Waals surface area contributed by atoms with Crippen LogP contribution < -0.4 is 5.32 Å². The maximum absolute atomic E-state index is 12.0. The first-order chi connectivity index (χ1) is 9.00. The second-order valence-electron chi connectivity index (χ2n) is 5.73. The van der Waals surface area contributed by atoms with Gasteiger partial charge in [0.15, 0.2) is 0 Å². The second-order valence-corrected chi connectivity index (χ2v) is 5.73. The van der Waals surface area contributed by atoms with Crippen LogP contribution in [0.4, 0.5) is 0 Å². The normalized spacial score (nSPS) is 31.9. The molecule has 2 saturated heterocycles. The van der Waals surface area contributed by atoms with Crippen molar-refractivity contribution in [1.29, 1.82) is 0 Å². The molecule has 0 aliphatic carbocycles. The van der Waals surface area contributed by atoms with Gasteiger partial charge in [0.25, 0.3) is 0 Å². The molecule has 3 atom stereocenters. The Morgan fingerprint density at radius 3 is 2.68 bits per heavy atom. The van der Waals surface area contributed by atoms with E-state index < -0.39 is 18.0 Å². The van der Waals surface area contributed by atoms with Gasteiger partial charge in [-0.15, -0.1) is 0 Å². The molecule has 3 aliphatic rings. The summed E-state index contributed by atoms with van der Waals surface area (Å²) in [6, 6.07) is -0.151. The highest BCUT2D eigenvalue weighted by molar-refractivity contribution is 5.99. The van der Waals surface area contributed by atoms with E-state index in [2.05, 4.69) is 5.32 Å². The van der Waals surface area contributed by atoms with Gasteiger partial charge in [0, 0.05) is 0 Å².